The summed E-state index contributed by atoms with van der Waals surface area (Å²) in [5.41, 5.74) is 3.40. The van der Waals surface area contributed by atoms with Crippen molar-refractivity contribution in [2.24, 2.45) is 0 Å². The van der Waals surface area contributed by atoms with E-state index in [0.29, 0.717) is 17.2 Å². The van der Waals surface area contributed by atoms with Crippen LogP contribution in [0.3, 0.4) is 0 Å². The molecule has 7 heteroatoms. The number of benzene rings is 1. The van der Waals surface area contributed by atoms with E-state index >= 15 is 0 Å². The number of aromatic nitrogens is 5. The van der Waals surface area contributed by atoms with Gasteiger partial charge in [0.05, 0.1) is 11.9 Å². The number of hydrogen-bond acceptors (Lipinski definition) is 5. The smallest absolute Gasteiger partial charge is 0.247 e. The molecule has 1 N–H and O–H groups in total. The predicted molar refractivity (Wildman–Crippen MR) is 102 cm³/mol. The van der Waals surface area contributed by atoms with Crippen molar-refractivity contribution in [3.05, 3.63) is 79.3 Å². The van der Waals surface area contributed by atoms with E-state index in [0.717, 1.165) is 11.1 Å². The van der Waals surface area contributed by atoms with E-state index in [2.05, 4.69) is 25.6 Å². The van der Waals surface area contributed by atoms with Gasteiger partial charge in [-0.2, -0.15) is 0 Å². The van der Waals surface area contributed by atoms with Crippen LogP contribution in [-0.2, 0) is 11.3 Å². The minimum atomic E-state index is -0.229. The van der Waals surface area contributed by atoms with Crippen molar-refractivity contribution in [1.29, 1.82) is 0 Å². The SMILES string of the molecule is O=C(Cn1cc(-c2ccccn2)nn1)Nc1ccc(-c2ccccc2)cn1. The van der Waals surface area contributed by atoms with Crippen molar-refractivity contribution < 1.29 is 4.79 Å². The van der Waals surface area contributed by atoms with Gasteiger partial charge < -0.3 is 5.32 Å². The first-order valence-electron chi connectivity index (χ1n) is 8.41. The monoisotopic (exact) mass is 356 g/mol. The third kappa shape index (κ3) is 4.04. The van der Waals surface area contributed by atoms with Crippen molar-refractivity contribution >= 4 is 11.7 Å². The van der Waals surface area contributed by atoms with Crippen LogP contribution in [0.4, 0.5) is 5.82 Å². The maximum Gasteiger partial charge on any atom is 0.247 e. The zero-order valence-corrected chi connectivity index (χ0v) is 14.4. The summed E-state index contributed by atoms with van der Waals surface area (Å²) in [4.78, 5) is 20.7. The van der Waals surface area contributed by atoms with Gasteiger partial charge in [-0.25, -0.2) is 9.67 Å². The van der Waals surface area contributed by atoms with Gasteiger partial charge in [0.15, 0.2) is 0 Å². The average Bonchev–Trinajstić information content (AvgIpc) is 3.18. The highest BCUT2D eigenvalue weighted by Crippen LogP contribution is 2.19. The number of nitrogens with one attached hydrogen (secondary N) is 1. The molecule has 3 heterocycles. The van der Waals surface area contributed by atoms with Gasteiger partial charge in [0.25, 0.3) is 0 Å². The summed E-state index contributed by atoms with van der Waals surface area (Å²) in [5, 5.41) is 10.8. The maximum atomic E-state index is 12.2. The molecule has 1 aromatic carbocycles. The molecule has 0 saturated carbocycles. The Morgan fingerprint density at radius 2 is 1.74 bits per heavy atom. The molecule has 3 aromatic heterocycles. The molecular formula is C20H16N6O. The number of pyridine rings is 2. The third-order valence-electron chi connectivity index (χ3n) is 3.91. The molecule has 0 aliphatic heterocycles. The van der Waals surface area contributed by atoms with Crippen LogP contribution in [0, 0.1) is 0 Å². The van der Waals surface area contributed by atoms with E-state index in [4.69, 9.17) is 0 Å². The fourth-order valence-corrected chi connectivity index (χ4v) is 2.61. The summed E-state index contributed by atoms with van der Waals surface area (Å²) in [7, 11) is 0. The number of nitrogens with zero attached hydrogens (tertiary/aromatic N) is 5. The van der Waals surface area contributed by atoms with Crippen molar-refractivity contribution in [2.45, 2.75) is 6.54 Å². The Labute approximate surface area is 155 Å². The molecule has 0 radical (unpaired) electrons. The highest BCUT2D eigenvalue weighted by atomic mass is 16.2. The highest BCUT2D eigenvalue weighted by Gasteiger charge is 2.09. The lowest BCUT2D eigenvalue weighted by atomic mass is 10.1. The van der Waals surface area contributed by atoms with Gasteiger partial charge in [-0.3, -0.25) is 9.78 Å². The molecular weight excluding hydrogens is 340 g/mol. The molecule has 27 heavy (non-hydrogen) atoms. The van der Waals surface area contributed by atoms with Crippen LogP contribution < -0.4 is 5.32 Å². The van der Waals surface area contributed by atoms with Crippen LogP contribution in [0.1, 0.15) is 0 Å². The number of anilines is 1. The number of amides is 1. The molecule has 0 aliphatic rings. The van der Waals surface area contributed by atoms with Gasteiger partial charge in [0.1, 0.15) is 18.1 Å². The molecule has 0 atom stereocenters. The maximum absolute atomic E-state index is 12.2. The quantitative estimate of drug-likeness (QED) is 0.594. The fourth-order valence-electron chi connectivity index (χ4n) is 2.61. The van der Waals surface area contributed by atoms with Crippen LogP contribution in [0.15, 0.2) is 79.3 Å². The van der Waals surface area contributed by atoms with E-state index < -0.39 is 0 Å². The molecule has 7 nitrogen and oxygen atoms in total. The van der Waals surface area contributed by atoms with Crippen molar-refractivity contribution in [2.75, 3.05) is 5.32 Å². The first kappa shape index (κ1) is 16.6. The zero-order chi connectivity index (χ0) is 18.5. The zero-order valence-electron chi connectivity index (χ0n) is 14.4. The second-order valence-corrected chi connectivity index (χ2v) is 5.86. The lowest BCUT2D eigenvalue weighted by Crippen LogP contribution is -2.19. The second-order valence-electron chi connectivity index (χ2n) is 5.86. The summed E-state index contributed by atoms with van der Waals surface area (Å²) in [5.74, 6) is 0.261. The van der Waals surface area contributed by atoms with Gasteiger partial charge >= 0.3 is 0 Å². The molecule has 0 saturated heterocycles. The predicted octanol–water partition coefficient (Wildman–Crippen LogP) is 3.04. The Kier molecular flexibility index (Phi) is 4.65. The van der Waals surface area contributed by atoms with Gasteiger partial charge in [-0.05, 0) is 29.8 Å². The van der Waals surface area contributed by atoms with Gasteiger partial charge in [0.2, 0.25) is 5.91 Å². The van der Waals surface area contributed by atoms with Crippen LogP contribution in [0.5, 0.6) is 0 Å². The van der Waals surface area contributed by atoms with E-state index in [1.807, 2.05) is 54.6 Å². The number of carbonyl (C=O) groups excluding carboxylic acids is 1. The average molecular weight is 356 g/mol. The van der Waals surface area contributed by atoms with E-state index in [1.54, 1.807) is 24.7 Å². The minimum Gasteiger partial charge on any atom is -0.309 e. The molecule has 0 bridgehead atoms. The molecule has 0 aliphatic carbocycles. The molecule has 0 fully saturated rings. The normalized spacial score (nSPS) is 10.5. The summed E-state index contributed by atoms with van der Waals surface area (Å²) < 4.78 is 1.47. The Morgan fingerprint density at radius 1 is 0.889 bits per heavy atom. The Hall–Kier alpha value is -3.87. The first-order valence-corrected chi connectivity index (χ1v) is 8.41. The summed E-state index contributed by atoms with van der Waals surface area (Å²) in [6.45, 7) is 0.0436. The van der Waals surface area contributed by atoms with Crippen LogP contribution >= 0.6 is 0 Å². The van der Waals surface area contributed by atoms with Crippen molar-refractivity contribution in [3.63, 3.8) is 0 Å². The number of hydrogen-bond donors (Lipinski definition) is 1. The van der Waals surface area contributed by atoms with Gasteiger partial charge in [-0.15, -0.1) is 5.10 Å². The lowest BCUT2D eigenvalue weighted by molar-refractivity contribution is -0.116. The van der Waals surface area contributed by atoms with E-state index in [1.165, 1.54) is 4.68 Å². The molecule has 4 rings (SSSR count). The summed E-state index contributed by atoms with van der Waals surface area (Å²) in [6.07, 6.45) is 5.11. The van der Waals surface area contributed by atoms with E-state index in [9.17, 15) is 4.79 Å². The summed E-state index contributed by atoms with van der Waals surface area (Å²) >= 11 is 0. The second kappa shape index (κ2) is 7.57. The Bertz CT molecular complexity index is 1030. The van der Waals surface area contributed by atoms with Crippen molar-refractivity contribution in [3.8, 4) is 22.5 Å². The van der Waals surface area contributed by atoms with Gasteiger partial charge in [0, 0.05) is 18.0 Å². The summed E-state index contributed by atoms with van der Waals surface area (Å²) in [6, 6.07) is 19.2. The van der Waals surface area contributed by atoms with Crippen molar-refractivity contribution in [1.82, 2.24) is 25.0 Å². The number of carbonyl (C=O) groups is 1. The van der Waals surface area contributed by atoms with Crippen LogP contribution in [-0.4, -0.2) is 30.9 Å². The lowest BCUT2D eigenvalue weighted by Gasteiger charge is -2.06. The van der Waals surface area contributed by atoms with Crippen LogP contribution in [0.2, 0.25) is 0 Å². The fraction of sp³-hybridized carbons (Fsp3) is 0.0500. The Balaban J connectivity index is 1.39. The molecule has 0 unspecified atom stereocenters. The largest absolute Gasteiger partial charge is 0.309 e. The molecule has 4 aromatic rings. The topological polar surface area (TPSA) is 85.6 Å². The minimum absolute atomic E-state index is 0.0436. The highest BCUT2D eigenvalue weighted by molar-refractivity contribution is 5.89. The van der Waals surface area contributed by atoms with E-state index in [-0.39, 0.29) is 12.5 Å². The molecule has 132 valence electrons. The Morgan fingerprint density at radius 3 is 2.48 bits per heavy atom. The number of rotatable bonds is 5. The molecule has 0 spiro atoms. The van der Waals surface area contributed by atoms with Gasteiger partial charge in [-0.1, -0.05) is 41.6 Å². The first-order chi connectivity index (χ1) is 13.3. The van der Waals surface area contributed by atoms with Crippen LogP contribution in [0.25, 0.3) is 22.5 Å². The standard InChI is InChI=1S/C20H16N6O/c27-20(14-26-13-18(24-25-26)17-8-4-5-11-21-17)23-19-10-9-16(12-22-19)15-6-2-1-3-7-15/h1-13H,14H2,(H,22,23,27). The third-order valence-corrected chi connectivity index (χ3v) is 3.91. The molecule has 1 amide bonds.